The Balaban J connectivity index is 2.31. The van der Waals surface area contributed by atoms with Crippen molar-refractivity contribution in [3.63, 3.8) is 0 Å². The van der Waals surface area contributed by atoms with E-state index in [-0.39, 0.29) is 0 Å². The summed E-state index contributed by atoms with van der Waals surface area (Å²) >= 11 is 0. The molecule has 0 unspecified atom stereocenters. The number of aryl methyl sites for hydroxylation is 2. The van der Waals surface area contributed by atoms with Crippen LogP contribution < -0.4 is 10.1 Å². The van der Waals surface area contributed by atoms with Crippen molar-refractivity contribution in [3.05, 3.63) is 29.6 Å². The predicted octanol–water partition coefficient (Wildman–Crippen LogP) is 1.75. The van der Waals surface area contributed by atoms with Crippen molar-refractivity contribution < 1.29 is 4.74 Å². The average Bonchev–Trinajstić information content (AvgIpc) is 2.64. The number of nitriles is 1. The second kappa shape index (κ2) is 4.75. The molecule has 0 aliphatic carbocycles. The highest BCUT2D eigenvalue weighted by molar-refractivity contribution is 5.63. The third-order valence-corrected chi connectivity index (χ3v) is 2.54. The van der Waals surface area contributed by atoms with Crippen LogP contribution >= 0.6 is 0 Å². The minimum Gasteiger partial charge on any atom is -0.481 e. The summed E-state index contributed by atoms with van der Waals surface area (Å²) in [5.74, 6) is 1.20. The van der Waals surface area contributed by atoms with Crippen molar-refractivity contribution >= 4 is 11.5 Å². The summed E-state index contributed by atoms with van der Waals surface area (Å²) in [6.45, 7) is 1.80. The number of aromatic nitrogens is 3. The first kappa shape index (κ1) is 11.9. The van der Waals surface area contributed by atoms with Gasteiger partial charge in [0.25, 0.3) is 0 Å². The molecule has 2 rings (SSSR count). The molecule has 0 aliphatic heterocycles. The van der Waals surface area contributed by atoms with E-state index in [2.05, 4.69) is 21.5 Å². The van der Waals surface area contributed by atoms with Crippen LogP contribution in [0.3, 0.4) is 0 Å². The lowest BCUT2D eigenvalue weighted by molar-refractivity contribution is 0.398. The van der Waals surface area contributed by atoms with Gasteiger partial charge in [-0.15, -0.1) is 0 Å². The summed E-state index contributed by atoms with van der Waals surface area (Å²) < 4.78 is 6.62. The molecule has 0 spiro atoms. The first-order valence-corrected chi connectivity index (χ1v) is 5.36. The van der Waals surface area contributed by atoms with E-state index < -0.39 is 0 Å². The number of nitrogens with one attached hydrogen (secondary N) is 1. The highest BCUT2D eigenvalue weighted by Gasteiger charge is 2.12. The van der Waals surface area contributed by atoms with Gasteiger partial charge in [0.15, 0.2) is 0 Å². The summed E-state index contributed by atoms with van der Waals surface area (Å²) in [6.07, 6.45) is 1.64. The summed E-state index contributed by atoms with van der Waals surface area (Å²) in [5.41, 5.74) is 2.01. The van der Waals surface area contributed by atoms with E-state index in [0.717, 1.165) is 5.69 Å². The molecule has 1 N–H and O–H groups in total. The maximum atomic E-state index is 9.09. The van der Waals surface area contributed by atoms with Crippen molar-refractivity contribution in [1.29, 1.82) is 5.26 Å². The van der Waals surface area contributed by atoms with E-state index in [0.29, 0.717) is 23.0 Å². The van der Waals surface area contributed by atoms with E-state index in [9.17, 15) is 0 Å². The molecule has 0 bridgehead atoms. The molecule has 0 atom stereocenters. The van der Waals surface area contributed by atoms with Gasteiger partial charge < -0.3 is 10.1 Å². The standard InChI is InChI=1S/C12H13N5O/c1-8-10(6-13)12(17(2)16-8)15-9-4-5-11(18-3)14-7-9/h4-5,7,15H,1-3H3. The van der Waals surface area contributed by atoms with Gasteiger partial charge in [-0.05, 0) is 13.0 Å². The first-order chi connectivity index (χ1) is 8.65. The Labute approximate surface area is 105 Å². The Bertz CT molecular complexity index is 594. The molecule has 0 fully saturated rings. The third kappa shape index (κ3) is 2.11. The molecule has 2 aromatic heterocycles. The van der Waals surface area contributed by atoms with Crippen LogP contribution in [-0.2, 0) is 7.05 Å². The van der Waals surface area contributed by atoms with E-state index in [1.54, 1.807) is 38.0 Å². The normalized spacial score (nSPS) is 9.89. The topological polar surface area (TPSA) is 75.8 Å². The van der Waals surface area contributed by atoms with Crippen LogP contribution in [0.15, 0.2) is 18.3 Å². The summed E-state index contributed by atoms with van der Waals surface area (Å²) in [6, 6.07) is 5.71. The molecule has 0 amide bonds. The zero-order chi connectivity index (χ0) is 13.1. The largest absolute Gasteiger partial charge is 0.481 e. The van der Waals surface area contributed by atoms with Gasteiger partial charge >= 0.3 is 0 Å². The zero-order valence-electron chi connectivity index (χ0n) is 10.4. The second-order valence-electron chi connectivity index (χ2n) is 3.76. The number of anilines is 2. The van der Waals surface area contributed by atoms with Crippen LogP contribution in [0.4, 0.5) is 11.5 Å². The fourth-order valence-electron chi connectivity index (χ4n) is 1.65. The number of nitrogens with zero attached hydrogens (tertiary/aromatic N) is 4. The lowest BCUT2D eigenvalue weighted by atomic mass is 10.2. The summed E-state index contributed by atoms with van der Waals surface area (Å²) in [5, 5.41) is 16.4. The van der Waals surface area contributed by atoms with Gasteiger partial charge in [-0.3, -0.25) is 4.68 Å². The molecule has 2 aromatic rings. The summed E-state index contributed by atoms with van der Waals surface area (Å²) in [4.78, 5) is 4.09. The molecule has 0 saturated heterocycles. The number of rotatable bonds is 3. The van der Waals surface area contributed by atoms with Crippen molar-refractivity contribution in [3.8, 4) is 11.9 Å². The van der Waals surface area contributed by atoms with Crippen LogP contribution in [0.2, 0.25) is 0 Å². The minimum atomic E-state index is 0.535. The van der Waals surface area contributed by atoms with Crippen LogP contribution in [0.1, 0.15) is 11.3 Å². The summed E-state index contributed by atoms with van der Waals surface area (Å²) in [7, 11) is 3.35. The monoisotopic (exact) mass is 243 g/mol. The minimum absolute atomic E-state index is 0.535. The Morgan fingerprint density at radius 1 is 1.44 bits per heavy atom. The van der Waals surface area contributed by atoms with Gasteiger partial charge in [0.2, 0.25) is 5.88 Å². The highest BCUT2D eigenvalue weighted by atomic mass is 16.5. The molecule has 0 saturated carbocycles. The van der Waals surface area contributed by atoms with Gasteiger partial charge in [0, 0.05) is 13.1 Å². The van der Waals surface area contributed by atoms with Crippen LogP contribution in [-0.4, -0.2) is 21.9 Å². The number of ether oxygens (including phenoxy) is 1. The molecular weight excluding hydrogens is 230 g/mol. The van der Waals surface area contributed by atoms with Gasteiger partial charge in [-0.2, -0.15) is 10.4 Å². The average molecular weight is 243 g/mol. The van der Waals surface area contributed by atoms with Crippen molar-refractivity contribution in [2.45, 2.75) is 6.92 Å². The first-order valence-electron chi connectivity index (χ1n) is 5.36. The van der Waals surface area contributed by atoms with E-state index in [1.165, 1.54) is 0 Å². The smallest absolute Gasteiger partial charge is 0.213 e. The third-order valence-electron chi connectivity index (χ3n) is 2.54. The highest BCUT2D eigenvalue weighted by Crippen LogP contribution is 2.22. The van der Waals surface area contributed by atoms with Crippen LogP contribution in [0.25, 0.3) is 0 Å². The fourth-order valence-corrected chi connectivity index (χ4v) is 1.65. The van der Waals surface area contributed by atoms with Crippen molar-refractivity contribution in [2.75, 3.05) is 12.4 Å². The van der Waals surface area contributed by atoms with Crippen LogP contribution in [0.5, 0.6) is 5.88 Å². The number of hydrogen-bond acceptors (Lipinski definition) is 5. The molecule has 6 heteroatoms. The molecule has 0 radical (unpaired) electrons. The van der Waals surface area contributed by atoms with Gasteiger partial charge in [-0.25, -0.2) is 4.98 Å². The van der Waals surface area contributed by atoms with Crippen molar-refractivity contribution in [1.82, 2.24) is 14.8 Å². The van der Waals surface area contributed by atoms with E-state index in [1.807, 2.05) is 6.07 Å². The van der Waals surface area contributed by atoms with Gasteiger partial charge in [-0.1, -0.05) is 0 Å². The molecule has 0 aliphatic rings. The number of hydrogen-bond donors (Lipinski definition) is 1. The number of methoxy groups -OCH3 is 1. The van der Waals surface area contributed by atoms with E-state index >= 15 is 0 Å². The second-order valence-corrected chi connectivity index (χ2v) is 3.76. The predicted molar refractivity (Wildman–Crippen MR) is 66.7 cm³/mol. The lowest BCUT2D eigenvalue weighted by Gasteiger charge is -2.07. The molecule has 0 aromatic carbocycles. The molecular formula is C12H13N5O. The molecule has 18 heavy (non-hydrogen) atoms. The quantitative estimate of drug-likeness (QED) is 0.888. The van der Waals surface area contributed by atoms with Crippen LogP contribution in [0, 0.1) is 18.3 Å². The Morgan fingerprint density at radius 3 is 2.78 bits per heavy atom. The molecule has 2 heterocycles. The Morgan fingerprint density at radius 2 is 2.22 bits per heavy atom. The maximum absolute atomic E-state index is 9.09. The maximum Gasteiger partial charge on any atom is 0.213 e. The number of pyridine rings is 1. The Kier molecular flexibility index (Phi) is 3.15. The molecule has 6 nitrogen and oxygen atoms in total. The van der Waals surface area contributed by atoms with E-state index in [4.69, 9.17) is 10.00 Å². The van der Waals surface area contributed by atoms with Crippen molar-refractivity contribution in [2.24, 2.45) is 7.05 Å². The Hall–Kier alpha value is -2.55. The zero-order valence-corrected chi connectivity index (χ0v) is 10.4. The lowest BCUT2D eigenvalue weighted by Crippen LogP contribution is -2.01. The SMILES string of the molecule is COc1ccc(Nc2c(C#N)c(C)nn2C)cn1. The van der Waals surface area contributed by atoms with Gasteiger partial charge in [0.1, 0.15) is 17.5 Å². The molecule has 92 valence electrons. The fraction of sp³-hybridized carbons (Fsp3) is 0.250. The van der Waals surface area contributed by atoms with Gasteiger partial charge in [0.05, 0.1) is 24.7 Å².